The Morgan fingerprint density at radius 3 is 2.61 bits per heavy atom. The minimum Gasteiger partial charge on any atom is -0.494 e. The largest absolute Gasteiger partial charge is 0.494 e. The van der Waals surface area contributed by atoms with E-state index in [-0.39, 0.29) is 10.6 Å². The Morgan fingerprint density at radius 1 is 1.14 bits per heavy atom. The van der Waals surface area contributed by atoms with Gasteiger partial charge < -0.3 is 24.4 Å². The minimum absolute atomic E-state index is 0.0277. The zero-order valence-corrected chi connectivity index (χ0v) is 21.4. The number of likely N-dealkylation sites (N-methyl/N-ethyl adjacent to an activating group) is 2. The lowest BCUT2D eigenvalue weighted by Crippen LogP contribution is -2.28. The number of nitrogens with zero attached hydrogens (tertiary/aromatic N) is 6. The van der Waals surface area contributed by atoms with Crippen molar-refractivity contribution in [3.63, 3.8) is 0 Å². The second-order valence-electron chi connectivity index (χ2n) is 9.09. The number of aryl methyl sites for hydroxylation is 2. The number of benzene rings is 2. The maximum absolute atomic E-state index is 11.9. The van der Waals surface area contributed by atoms with Crippen LogP contribution in [-0.2, 0) is 7.05 Å². The van der Waals surface area contributed by atoms with Gasteiger partial charge in [-0.25, -0.2) is 9.97 Å². The summed E-state index contributed by atoms with van der Waals surface area (Å²) in [5.74, 6) is 0.778. The molecule has 0 unspecified atom stereocenters. The highest BCUT2D eigenvalue weighted by Gasteiger charge is 2.22. The Hall–Kier alpha value is -4.18. The second kappa shape index (κ2) is 10.2. The Bertz CT molecular complexity index is 1410. The fraction of sp³-hybridized carbons (Fsp3) is 0.308. The zero-order chi connectivity index (χ0) is 26.0. The van der Waals surface area contributed by atoms with Crippen molar-refractivity contribution in [1.29, 1.82) is 0 Å². The number of ether oxygens (including phenoxy) is 1. The highest BCUT2D eigenvalue weighted by atomic mass is 16.6. The smallest absolute Gasteiger partial charge is 0.294 e. The molecule has 0 aliphatic heterocycles. The summed E-state index contributed by atoms with van der Waals surface area (Å²) < 4.78 is 7.65. The number of methoxy groups -OCH3 is 1. The number of nitrogens with one attached hydrogen (secondary N) is 1. The van der Waals surface area contributed by atoms with E-state index in [0.29, 0.717) is 29.6 Å². The number of rotatable bonds is 9. The van der Waals surface area contributed by atoms with Crippen molar-refractivity contribution in [3.05, 3.63) is 64.5 Å². The van der Waals surface area contributed by atoms with Crippen molar-refractivity contribution in [3.8, 4) is 17.0 Å². The zero-order valence-electron chi connectivity index (χ0n) is 21.4. The summed E-state index contributed by atoms with van der Waals surface area (Å²) in [6.07, 6.45) is 3.71. The van der Waals surface area contributed by atoms with Crippen LogP contribution in [0.4, 0.5) is 23.0 Å². The van der Waals surface area contributed by atoms with E-state index in [4.69, 9.17) is 9.72 Å². The predicted molar refractivity (Wildman–Crippen MR) is 143 cm³/mol. The third kappa shape index (κ3) is 5.08. The first-order valence-electron chi connectivity index (χ1n) is 11.6. The number of fused-ring (bicyclic) bond motifs is 1. The summed E-state index contributed by atoms with van der Waals surface area (Å²) in [5, 5.41) is 16.1. The van der Waals surface area contributed by atoms with Gasteiger partial charge in [-0.2, -0.15) is 0 Å². The Morgan fingerprint density at radius 2 is 1.92 bits per heavy atom. The van der Waals surface area contributed by atoms with Crippen LogP contribution in [0.5, 0.6) is 5.75 Å². The van der Waals surface area contributed by atoms with Gasteiger partial charge in [0.15, 0.2) is 0 Å². The molecule has 4 aromatic rings. The molecule has 10 heteroatoms. The summed E-state index contributed by atoms with van der Waals surface area (Å²) in [7, 11) is 9.29. The summed E-state index contributed by atoms with van der Waals surface area (Å²) >= 11 is 0. The van der Waals surface area contributed by atoms with Crippen molar-refractivity contribution in [2.75, 3.05) is 51.6 Å². The van der Waals surface area contributed by atoms with Gasteiger partial charge in [0.2, 0.25) is 5.95 Å². The van der Waals surface area contributed by atoms with Crippen LogP contribution in [0.3, 0.4) is 0 Å². The summed E-state index contributed by atoms with van der Waals surface area (Å²) in [4.78, 5) is 24.5. The van der Waals surface area contributed by atoms with Crippen LogP contribution in [0.2, 0.25) is 0 Å². The fourth-order valence-electron chi connectivity index (χ4n) is 4.13. The normalized spacial score (nSPS) is 11.2. The van der Waals surface area contributed by atoms with Crippen molar-refractivity contribution < 1.29 is 9.66 Å². The van der Waals surface area contributed by atoms with Crippen molar-refractivity contribution in [2.24, 2.45) is 7.05 Å². The van der Waals surface area contributed by atoms with E-state index >= 15 is 0 Å². The van der Waals surface area contributed by atoms with Gasteiger partial charge in [0, 0.05) is 68.2 Å². The number of aromatic nitrogens is 3. The number of hydrogen-bond acceptors (Lipinski definition) is 8. The molecule has 0 spiro atoms. The summed E-state index contributed by atoms with van der Waals surface area (Å²) in [5.41, 5.74) is 4.89. The second-order valence-corrected chi connectivity index (χ2v) is 9.09. The third-order valence-corrected chi connectivity index (χ3v) is 6.11. The van der Waals surface area contributed by atoms with Crippen LogP contribution in [0, 0.1) is 17.0 Å². The van der Waals surface area contributed by atoms with Crippen LogP contribution < -0.4 is 15.0 Å². The fourth-order valence-corrected chi connectivity index (χ4v) is 4.13. The first-order valence-corrected chi connectivity index (χ1v) is 11.6. The molecule has 0 aliphatic carbocycles. The number of hydrogen-bond donors (Lipinski definition) is 1. The molecule has 4 rings (SSSR count). The molecule has 0 fully saturated rings. The Balaban J connectivity index is 1.70. The summed E-state index contributed by atoms with van der Waals surface area (Å²) in [6, 6.07) is 11.3. The Kier molecular flexibility index (Phi) is 7.07. The molecular formula is C26H31N7O3. The number of nitro benzene ring substituents is 1. The first-order chi connectivity index (χ1) is 17.2. The highest BCUT2D eigenvalue weighted by Crippen LogP contribution is 2.39. The molecule has 1 N–H and O–H groups in total. The van der Waals surface area contributed by atoms with E-state index in [1.807, 2.05) is 50.3 Å². The van der Waals surface area contributed by atoms with Crippen LogP contribution >= 0.6 is 0 Å². The number of nitro groups is 1. The van der Waals surface area contributed by atoms with Gasteiger partial charge in [-0.1, -0.05) is 12.1 Å². The van der Waals surface area contributed by atoms with E-state index in [1.165, 1.54) is 18.7 Å². The Labute approximate surface area is 210 Å². The lowest BCUT2D eigenvalue weighted by atomic mass is 10.1. The van der Waals surface area contributed by atoms with Gasteiger partial charge in [-0.3, -0.25) is 10.1 Å². The summed E-state index contributed by atoms with van der Waals surface area (Å²) in [6.45, 7) is 3.44. The minimum atomic E-state index is -0.387. The van der Waals surface area contributed by atoms with E-state index < -0.39 is 0 Å². The van der Waals surface area contributed by atoms with E-state index in [0.717, 1.165) is 28.7 Å². The molecule has 0 saturated carbocycles. The first kappa shape index (κ1) is 24.9. The van der Waals surface area contributed by atoms with Gasteiger partial charge in [0.1, 0.15) is 11.4 Å². The van der Waals surface area contributed by atoms with E-state index in [9.17, 15) is 10.1 Å². The molecule has 0 amide bonds. The molecular weight excluding hydrogens is 458 g/mol. The maximum atomic E-state index is 11.9. The van der Waals surface area contributed by atoms with Crippen molar-refractivity contribution in [2.45, 2.75) is 6.92 Å². The lowest BCUT2D eigenvalue weighted by molar-refractivity contribution is -0.384. The molecule has 2 heterocycles. The third-order valence-electron chi connectivity index (χ3n) is 6.11. The van der Waals surface area contributed by atoms with Crippen LogP contribution in [0.15, 0.2) is 48.8 Å². The molecule has 10 nitrogen and oxygen atoms in total. The van der Waals surface area contributed by atoms with Crippen molar-refractivity contribution >= 4 is 33.9 Å². The van der Waals surface area contributed by atoms with Crippen molar-refractivity contribution in [1.82, 2.24) is 19.4 Å². The standard InChI is InChI=1S/C26H31N7O3/c1-17-7-8-18-19(16-32(5)22(18)13-17)20-9-10-27-26(28-20)29-21-14-24(33(34)35)23(15-25(21)36-6)31(4)12-11-30(2)3/h7-10,13-16H,11-12H2,1-6H3,(H,27,28,29). The maximum Gasteiger partial charge on any atom is 0.294 e. The van der Waals surface area contributed by atoms with Gasteiger partial charge in [-0.05, 0) is 38.7 Å². The monoisotopic (exact) mass is 489 g/mol. The van der Waals surface area contributed by atoms with Gasteiger partial charge >= 0.3 is 0 Å². The van der Waals surface area contributed by atoms with Gasteiger partial charge in [-0.15, -0.1) is 0 Å². The van der Waals surface area contributed by atoms with E-state index in [1.54, 1.807) is 12.3 Å². The predicted octanol–water partition coefficient (Wildman–Crippen LogP) is 4.60. The molecule has 0 bridgehead atoms. The molecule has 0 atom stereocenters. The molecule has 0 radical (unpaired) electrons. The van der Waals surface area contributed by atoms with Crippen LogP contribution in [0.1, 0.15) is 5.56 Å². The van der Waals surface area contributed by atoms with Gasteiger partial charge in [0.05, 0.1) is 23.4 Å². The molecule has 0 aliphatic rings. The topological polar surface area (TPSA) is 102 Å². The lowest BCUT2D eigenvalue weighted by Gasteiger charge is -2.22. The van der Waals surface area contributed by atoms with Gasteiger partial charge in [0.25, 0.3) is 5.69 Å². The van der Waals surface area contributed by atoms with Crippen LogP contribution in [-0.4, -0.2) is 65.7 Å². The highest BCUT2D eigenvalue weighted by molar-refractivity contribution is 5.95. The average Bonchev–Trinajstić information content (AvgIpc) is 3.18. The average molecular weight is 490 g/mol. The quantitative estimate of drug-likeness (QED) is 0.269. The number of anilines is 3. The molecule has 2 aromatic heterocycles. The molecule has 36 heavy (non-hydrogen) atoms. The SMILES string of the molecule is COc1cc(N(C)CCN(C)C)c([N+](=O)[O-])cc1Nc1nccc(-c2cn(C)c3cc(C)ccc23)n1. The van der Waals surface area contributed by atoms with Crippen LogP contribution in [0.25, 0.3) is 22.2 Å². The van der Waals surface area contributed by atoms with E-state index in [2.05, 4.69) is 40.0 Å². The molecule has 2 aromatic carbocycles. The molecule has 0 saturated heterocycles. The molecule has 188 valence electrons.